The predicted molar refractivity (Wildman–Crippen MR) is 90.5 cm³/mol. The molecular formula is C19H28O4. The van der Waals surface area contributed by atoms with Crippen LogP contribution in [0.3, 0.4) is 0 Å². The number of carbonyl (C=O) groups is 2. The first-order chi connectivity index (χ1) is 10.8. The van der Waals surface area contributed by atoms with Crippen molar-refractivity contribution in [2.45, 2.75) is 66.2 Å². The fraction of sp³-hybridized carbons (Fsp3) is 0.579. The Balaban J connectivity index is 2.56. The third kappa shape index (κ3) is 7.31. The summed E-state index contributed by atoms with van der Waals surface area (Å²) in [6, 6.07) is 6.76. The van der Waals surface area contributed by atoms with Gasteiger partial charge in [-0.1, -0.05) is 44.7 Å². The lowest BCUT2D eigenvalue weighted by molar-refractivity contribution is -0.143. The summed E-state index contributed by atoms with van der Waals surface area (Å²) in [5.41, 5.74) is -0.615. The number of hydrogen-bond donors (Lipinski definition) is 0. The summed E-state index contributed by atoms with van der Waals surface area (Å²) < 4.78 is 10.7. The molecule has 0 bridgehead atoms. The third-order valence-corrected chi connectivity index (χ3v) is 3.37. The van der Waals surface area contributed by atoms with Gasteiger partial charge in [0.25, 0.3) is 0 Å². The maximum Gasteiger partial charge on any atom is 0.316 e. The molecule has 0 saturated carbocycles. The zero-order chi connectivity index (χ0) is 17.3. The van der Waals surface area contributed by atoms with E-state index in [-0.39, 0.29) is 17.7 Å². The second-order valence-corrected chi connectivity index (χ2v) is 6.72. The van der Waals surface area contributed by atoms with E-state index in [4.69, 9.17) is 9.47 Å². The normalized spacial score (nSPS) is 11.1. The maximum atomic E-state index is 12.0. The van der Waals surface area contributed by atoms with Gasteiger partial charge < -0.3 is 9.47 Å². The molecule has 4 heteroatoms. The van der Waals surface area contributed by atoms with E-state index >= 15 is 0 Å². The van der Waals surface area contributed by atoms with Crippen molar-refractivity contribution in [1.82, 2.24) is 0 Å². The number of hydrogen-bond acceptors (Lipinski definition) is 4. The Bertz CT molecular complexity index is 514. The van der Waals surface area contributed by atoms with Crippen LogP contribution in [0.25, 0.3) is 0 Å². The molecule has 0 spiro atoms. The number of ether oxygens (including phenoxy) is 2. The molecule has 1 rings (SSSR count). The maximum absolute atomic E-state index is 12.0. The van der Waals surface area contributed by atoms with Crippen LogP contribution in [0.15, 0.2) is 24.3 Å². The number of unbranched alkanes of at least 4 members (excludes halogenated alkanes) is 4. The van der Waals surface area contributed by atoms with Gasteiger partial charge in [0.05, 0.1) is 5.41 Å². The minimum atomic E-state index is -0.615. The summed E-state index contributed by atoms with van der Waals surface area (Å²) in [4.78, 5) is 23.9. The molecule has 0 aliphatic heterocycles. The lowest BCUT2D eigenvalue weighted by Crippen LogP contribution is -2.25. The Kier molecular flexibility index (Phi) is 7.79. The van der Waals surface area contributed by atoms with Crippen LogP contribution in [-0.2, 0) is 9.59 Å². The van der Waals surface area contributed by atoms with E-state index in [1.54, 1.807) is 45.0 Å². The quantitative estimate of drug-likeness (QED) is 0.388. The number of rotatable bonds is 8. The minimum absolute atomic E-state index is 0.284. The van der Waals surface area contributed by atoms with Gasteiger partial charge in [-0.15, -0.1) is 0 Å². The Morgan fingerprint density at radius 2 is 1.48 bits per heavy atom. The van der Waals surface area contributed by atoms with E-state index in [0.29, 0.717) is 12.2 Å². The highest BCUT2D eigenvalue weighted by atomic mass is 16.6. The van der Waals surface area contributed by atoms with Crippen molar-refractivity contribution < 1.29 is 19.1 Å². The topological polar surface area (TPSA) is 52.6 Å². The van der Waals surface area contributed by atoms with E-state index in [2.05, 4.69) is 6.92 Å². The van der Waals surface area contributed by atoms with Crippen molar-refractivity contribution in [3.63, 3.8) is 0 Å². The molecule has 0 N–H and O–H groups in total. The molecular weight excluding hydrogens is 292 g/mol. The summed E-state index contributed by atoms with van der Waals surface area (Å²) in [5, 5.41) is 0. The summed E-state index contributed by atoms with van der Waals surface area (Å²) in [7, 11) is 0. The molecule has 23 heavy (non-hydrogen) atoms. The highest BCUT2D eigenvalue weighted by Crippen LogP contribution is 2.29. The van der Waals surface area contributed by atoms with Crippen LogP contribution < -0.4 is 9.47 Å². The number of para-hydroxylation sites is 2. The zero-order valence-electron chi connectivity index (χ0n) is 14.7. The average Bonchev–Trinajstić information content (AvgIpc) is 2.48. The summed E-state index contributed by atoms with van der Waals surface area (Å²) in [6.07, 6.45) is 5.75. The van der Waals surface area contributed by atoms with Gasteiger partial charge in [-0.25, -0.2) is 0 Å². The zero-order valence-corrected chi connectivity index (χ0v) is 14.7. The molecule has 0 aliphatic carbocycles. The first-order valence-electron chi connectivity index (χ1n) is 8.36. The van der Waals surface area contributed by atoms with E-state index in [9.17, 15) is 9.59 Å². The number of esters is 2. The molecule has 0 saturated heterocycles. The van der Waals surface area contributed by atoms with Crippen LogP contribution in [0.1, 0.15) is 66.2 Å². The van der Waals surface area contributed by atoms with E-state index < -0.39 is 5.41 Å². The molecule has 0 aromatic heterocycles. The summed E-state index contributed by atoms with van der Waals surface area (Å²) in [6.45, 7) is 7.49. The SMILES string of the molecule is CCCCCCCC(=O)Oc1ccccc1OC(=O)C(C)(C)C. The Morgan fingerprint density at radius 3 is 2.04 bits per heavy atom. The smallest absolute Gasteiger partial charge is 0.316 e. The van der Waals surface area contributed by atoms with Gasteiger partial charge in [0.15, 0.2) is 11.5 Å². The molecule has 0 amide bonds. The molecule has 0 atom stereocenters. The van der Waals surface area contributed by atoms with Gasteiger partial charge in [-0.05, 0) is 39.3 Å². The molecule has 128 valence electrons. The van der Waals surface area contributed by atoms with Gasteiger partial charge in [-0.2, -0.15) is 0 Å². The second kappa shape index (κ2) is 9.33. The van der Waals surface area contributed by atoms with E-state index in [1.807, 2.05) is 0 Å². The number of carbonyl (C=O) groups excluding carboxylic acids is 2. The molecule has 0 aliphatic rings. The Morgan fingerprint density at radius 1 is 0.913 bits per heavy atom. The highest BCUT2D eigenvalue weighted by Gasteiger charge is 2.25. The van der Waals surface area contributed by atoms with Crippen molar-refractivity contribution >= 4 is 11.9 Å². The number of benzene rings is 1. The summed E-state index contributed by atoms with van der Waals surface area (Å²) >= 11 is 0. The predicted octanol–water partition coefficient (Wildman–Crippen LogP) is 4.90. The van der Waals surface area contributed by atoms with Gasteiger partial charge in [0.2, 0.25) is 0 Å². The van der Waals surface area contributed by atoms with Crippen molar-refractivity contribution in [3.8, 4) is 11.5 Å². The van der Waals surface area contributed by atoms with Crippen LogP contribution >= 0.6 is 0 Å². The second-order valence-electron chi connectivity index (χ2n) is 6.72. The first kappa shape index (κ1) is 19.2. The molecule has 1 aromatic rings. The van der Waals surface area contributed by atoms with Gasteiger partial charge in [-0.3, -0.25) is 9.59 Å². The van der Waals surface area contributed by atoms with Crippen molar-refractivity contribution in [1.29, 1.82) is 0 Å². The molecule has 0 heterocycles. The van der Waals surface area contributed by atoms with E-state index in [1.165, 1.54) is 12.8 Å². The van der Waals surface area contributed by atoms with Crippen molar-refractivity contribution in [3.05, 3.63) is 24.3 Å². The van der Waals surface area contributed by atoms with Crippen molar-refractivity contribution in [2.24, 2.45) is 5.41 Å². The molecule has 0 unspecified atom stereocenters. The van der Waals surface area contributed by atoms with Gasteiger partial charge in [0, 0.05) is 6.42 Å². The van der Waals surface area contributed by atoms with Crippen LogP contribution in [0.4, 0.5) is 0 Å². The molecule has 0 fully saturated rings. The van der Waals surface area contributed by atoms with Crippen LogP contribution in [-0.4, -0.2) is 11.9 Å². The molecule has 4 nitrogen and oxygen atoms in total. The van der Waals surface area contributed by atoms with E-state index in [0.717, 1.165) is 19.3 Å². The first-order valence-corrected chi connectivity index (χ1v) is 8.36. The average molecular weight is 320 g/mol. The lowest BCUT2D eigenvalue weighted by atomic mass is 9.97. The van der Waals surface area contributed by atoms with Crippen molar-refractivity contribution in [2.75, 3.05) is 0 Å². The van der Waals surface area contributed by atoms with Crippen LogP contribution in [0, 0.1) is 5.41 Å². The largest absolute Gasteiger partial charge is 0.423 e. The summed E-state index contributed by atoms with van der Waals surface area (Å²) in [5.74, 6) is -0.0725. The fourth-order valence-corrected chi connectivity index (χ4v) is 1.92. The highest BCUT2D eigenvalue weighted by molar-refractivity contribution is 5.79. The third-order valence-electron chi connectivity index (χ3n) is 3.37. The molecule has 1 aromatic carbocycles. The van der Waals surface area contributed by atoms with Gasteiger partial charge >= 0.3 is 11.9 Å². The monoisotopic (exact) mass is 320 g/mol. The Labute approximate surface area is 139 Å². The molecule has 0 radical (unpaired) electrons. The van der Waals surface area contributed by atoms with Gasteiger partial charge in [0.1, 0.15) is 0 Å². The Hall–Kier alpha value is -1.84. The van der Waals surface area contributed by atoms with Crippen LogP contribution in [0.5, 0.6) is 11.5 Å². The standard InChI is InChI=1S/C19H28O4/c1-5-6-7-8-9-14-17(20)22-15-12-10-11-13-16(15)23-18(21)19(2,3)4/h10-13H,5-9,14H2,1-4H3. The lowest BCUT2D eigenvalue weighted by Gasteiger charge is -2.17. The van der Waals surface area contributed by atoms with Crippen LogP contribution in [0.2, 0.25) is 0 Å². The minimum Gasteiger partial charge on any atom is -0.423 e. The fourth-order valence-electron chi connectivity index (χ4n) is 1.92.